The molecule has 0 radical (unpaired) electrons. The van der Waals surface area contributed by atoms with Gasteiger partial charge in [-0.1, -0.05) is 30.3 Å². The molecule has 3 heteroatoms. The molecule has 2 nitrogen and oxygen atoms in total. The molecule has 19 heavy (non-hydrogen) atoms. The van der Waals surface area contributed by atoms with Gasteiger partial charge in [0.15, 0.2) is 0 Å². The molecule has 0 amide bonds. The maximum atomic E-state index is 5.68. The molecule has 0 fully saturated rings. The fourth-order valence-electron chi connectivity index (χ4n) is 2.01. The van der Waals surface area contributed by atoms with Gasteiger partial charge in [0.05, 0.1) is 0 Å². The minimum atomic E-state index is 0.580. The van der Waals surface area contributed by atoms with Gasteiger partial charge in [0.25, 0.3) is 0 Å². The molecule has 1 heterocycles. The van der Waals surface area contributed by atoms with Gasteiger partial charge in [-0.05, 0) is 40.6 Å². The second kappa shape index (κ2) is 5.33. The number of aromatic nitrogens is 1. The van der Waals surface area contributed by atoms with Crippen molar-refractivity contribution in [2.45, 2.75) is 10.6 Å². The van der Waals surface area contributed by atoms with E-state index in [-0.39, 0.29) is 0 Å². The Balaban J connectivity index is 1.78. The molecular formula is C16H14N2S. The van der Waals surface area contributed by atoms with E-state index in [0.717, 1.165) is 5.75 Å². The van der Waals surface area contributed by atoms with Crippen LogP contribution in [-0.4, -0.2) is 4.98 Å². The number of anilines is 1. The molecule has 3 rings (SSSR count). The maximum absolute atomic E-state index is 5.68. The molecule has 0 aliphatic heterocycles. The molecule has 0 spiro atoms. The molecule has 3 aromatic rings. The zero-order chi connectivity index (χ0) is 13.1. The topological polar surface area (TPSA) is 38.9 Å². The average molecular weight is 266 g/mol. The molecule has 0 unspecified atom stereocenters. The standard InChI is InChI=1S/C16H14N2S/c17-16-9-12(7-8-18-16)11-19-15-6-5-13-3-1-2-4-14(13)10-15/h1-10H,11H2,(H2,17,18). The van der Waals surface area contributed by atoms with Gasteiger partial charge in [-0.15, -0.1) is 11.8 Å². The van der Waals surface area contributed by atoms with E-state index in [1.165, 1.54) is 21.2 Å². The summed E-state index contributed by atoms with van der Waals surface area (Å²) in [6.45, 7) is 0. The minimum Gasteiger partial charge on any atom is -0.384 e. The number of benzene rings is 2. The summed E-state index contributed by atoms with van der Waals surface area (Å²) in [5.74, 6) is 1.49. The number of nitrogens with zero attached hydrogens (tertiary/aromatic N) is 1. The zero-order valence-electron chi connectivity index (χ0n) is 10.4. The third-order valence-corrected chi connectivity index (χ3v) is 4.04. The second-order valence-corrected chi connectivity index (χ2v) is 5.44. The van der Waals surface area contributed by atoms with Crippen molar-refractivity contribution in [2.24, 2.45) is 0 Å². The number of rotatable bonds is 3. The van der Waals surface area contributed by atoms with E-state index in [4.69, 9.17) is 5.73 Å². The van der Waals surface area contributed by atoms with Gasteiger partial charge in [-0.3, -0.25) is 0 Å². The van der Waals surface area contributed by atoms with Crippen LogP contribution in [0.2, 0.25) is 0 Å². The molecule has 2 aromatic carbocycles. The highest BCUT2D eigenvalue weighted by atomic mass is 32.2. The lowest BCUT2D eigenvalue weighted by atomic mass is 10.1. The molecule has 0 atom stereocenters. The van der Waals surface area contributed by atoms with E-state index in [9.17, 15) is 0 Å². The fraction of sp³-hybridized carbons (Fsp3) is 0.0625. The van der Waals surface area contributed by atoms with Crippen LogP contribution in [0.5, 0.6) is 0 Å². The summed E-state index contributed by atoms with van der Waals surface area (Å²) in [7, 11) is 0. The third-order valence-electron chi connectivity index (χ3n) is 2.97. The molecule has 0 saturated heterocycles. The lowest BCUT2D eigenvalue weighted by molar-refractivity contribution is 1.28. The van der Waals surface area contributed by atoms with Crippen LogP contribution in [0.3, 0.4) is 0 Å². The van der Waals surface area contributed by atoms with E-state index >= 15 is 0 Å². The Morgan fingerprint density at radius 3 is 2.63 bits per heavy atom. The maximum Gasteiger partial charge on any atom is 0.123 e. The number of fused-ring (bicyclic) bond motifs is 1. The van der Waals surface area contributed by atoms with Crippen molar-refractivity contribution in [3.8, 4) is 0 Å². The van der Waals surface area contributed by atoms with Gasteiger partial charge in [0, 0.05) is 16.8 Å². The van der Waals surface area contributed by atoms with Crippen molar-refractivity contribution in [3.63, 3.8) is 0 Å². The number of pyridine rings is 1. The number of hydrogen-bond donors (Lipinski definition) is 1. The van der Waals surface area contributed by atoms with E-state index in [1.54, 1.807) is 6.20 Å². The molecule has 1 aromatic heterocycles. The highest BCUT2D eigenvalue weighted by Crippen LogP contribution is 2.26. The smallest absolute Gasteiger partial charge is 0.123 e. The summed E-state index contributed by atoms with van der Waals surface area (Å²) in [5.41, 5.74) is 6.88. The first-order chi connectivity index (χ1) is 9.31. The molecule has 0 bridgehead atoms. The number of hydrogen-bond acceptors (Lipinski definition) is 3. The predicted molar refractivity (Wildman–Crippen MR) is 82.2 cm³/mol. The number of nitrogen functional groups attached to an aromatic ring is 1. The summed E-state index contributed by atoms with van der Waals surface area (Å²) < 4.78 is 0. The lowest BCUT2D eigenvalue weighted by Crippen LogP contribution is -1.90. The normalized spacial score (nSPS) is 10.7. The van der Waals surface area contributed by atoms with E-state index < -0.39 is 0 Å². The average Bonchev–Trinajstić information content (AvgIpc) is 2.45. The summed E-state index contributed by atoms with van der Waals surface area (Å²) in [6.07, 6.45) is 1.76. The number of nitrogens with two attached hydrogens (primary N) is 1. The van der Waals surface area contributed by atoms with Gasteiger partial charge in [0.1, 0.15) is 5.82 Å². The van der Waals surface area contributed by atoms with Gasteiger partial charge in [-0.2, -0.15) is 0 Å². The number of thioether (sulfide) groups is 1. The van der Waals surface area contributed by atoms with E-state index in [0.29, 0.717) is 5.82 Å². The second-order valence-electron chi connectivity index (χ2n) is 4.39. The van der Waals surface area contributed by atoms with Gasteiger partial charge in [0.2, 0.25) is 0 Å². The van der Waals surface area contributed by atoms with Crippen LogP contribution in [0.15, 0.2) is 65.7 Å². The summed E-state index contributed by atoms with van der Waals surface area (Å²) >= 11 is 1.81. The predicted octanol–water partition coefficient (Wildman–Crippen LogP) is 4.11. The van der Waals surface area contributed by atoms with Crippen LogP contribution in [0.25, 0.3) is 10.8 Å². The van der Waals surface area contributed by atoms with Crippen LogP contribution in [-0.2, 0) is 5.75 Å². The molecule has 0 saturated carbocycles. The lowest BCUT2D eigenvalue weighted by Gasteiger charge is -2.04. The van der Waals surface area contributed by atoms with Gasteiger partial charge >= 0.3 is 0 Å². The third kappa shape index (κ3) is 2.88. The molecule has 0 aliphatic rings. The van der Waals surface area contributed by atoms with Crippen LogP contribution in [0, 0.1) is 0 Å². The fourth-order valence-corrected chi connectivity index (χ4v) is 2.90. The van der Waals surface area contributed by atoms with E-state index in [2.05, 4.69) is 47.4 Å². The summed E-state index contributed by atoms with van der Waals surface area (Å²) in [5, 5.41) is 2.56. The van der Waals surface area contributed by atoms with Crippen molar-refractivity contribution < 1.29 is 0 Å². The Labute approximate surface area is 116 Å². The highest BCUT2D eigenvalue weighted by Gasteiger charge is 1.99. The van der Waals surface area contributed by atoms with Crippen molar-refractivity contribution >= 4 is 28.4 Å². The van der Waals surface area contributed by atoms with E-state index in [1.807, 2.05) is 23.9 Å². The SMILES string of the molecule is Nc1cc(CSc2ccc3ccccc3c2)ccn1. The van der Waals surface area contributed by atoms with Crippen LogP contribution >= 0.6 is 11.8 Å². The van der Waals surface area contributed by atoms with Gasteiger partial charge < -0.3 is 5.73 Å². The monoisotopic (exact) mass is 266 g/mol. The quantitative estimate of drug-likeness (QED) is 0.725. The first kappa shape index (κ1) is 12.1. The first-order valence-electron chi connectivity index (χ1n) is 6.13. The Morgan fingerprint density at radius 1 is 0.947 bits per heavy atom. The van der Waals surface area contributed by atoms with Crippen molar-refractivity contribution in [1.29, 1.82) is 0 Å². The van der Waals surface area contributed by atoms with Crippen molar-refractivity contribution in [3.05, 3.63) is 66.4 Å². The van der Waals surface area contributed by atoms with Crippen LogP contribution < -0.4 is 5.73 Å². The zero-order valence-corrected chi connectivity index (χ0v) is 11.2. The largest absolute Gasteiger partial charge is 0.384 e. The molecule has 94 valence electrons. The Hall–Kier alpha value is -2.00. The summed E-state index contributed by atoms with van der Waals surface area (Å²) in [4.78, 5) is 5.28. The molecular weight excluding hydrogens is 252 g/mol. The van der Waals surface area contributed by atoms with Crippen LogP contribution in [0.4, 0.5) is 5.82 Å². The Bertz CT molecular complexity index is 710. The highest BCUT2D eigenvalue weighted by molar-refractivity contribution is 7.98. The van der Waals surface area contributed by atoms with Gasteiger partial charge in [-0.25, -0.2) is 4.98 Å². The van der Waals surface area contributed by atoms with Crippen molar-refractivity contribution in [2.75, 3.05) is 5.73 Å². The Kier molecular flexibility index (Phi) is 3.38. The first-order valence-corrected chi connectivity index (χ1v) is 7.12. The minimum absolute atomic E-state index is 0.580. The summed E-state index contributed by atoms with van der Waals surface area (Å²) in [6, 6.07) is 18.9. The molecule has 2 N–H and O–H groups in total. The van der Waals surface area contributed by atoms with Crippen LogP contribution in [0.1, 0.15) is 5.56 Å². The van der Waals surface area contributed by atoms with Crippen molar-refractivity contribution in [1.82, 2.24) is 4.98 Å². The Morgan fingerprint density at radius 2 is 1.79 bits per heavy atom. The molecule has 0 aliphatic carbocycles.